The Bertz CT molecular complexity index is 1060. The number of nitrogens with one attached hydrogen (secondary N) is 1. The van der Waals surface area contributed by atoms with Crippen molar-refractivity contribution < 1.29 is 23.8 Å². The molecule has 0 saturated heterocycles. The molecule has 0 bridgehead atoms. The van der Waals surface area contributed by atoms with Gasteiger partial charge in [-0.2, -0.15) is 5.10 Å². The topological polar surface area (TPSA) is 91.7 Å². The SMILES string of the molecule is COc1cccc(OC)c1-c1cc(C(=O)N[C@H](CC(=O)OC(C)(C)C)CC(C)C)nn1CC1CCCCC1. The Morgan fingerprint density at radius 3 is 2.26 bits per heavy atom. The van der Waals surface area contributed by atoms with Gasteiger partial charge in [0.05, 0.1) is 31.9 Å². The molecule has 38 heavy (non-hydrogen) atoms. The molecule has 1 heterocycles. The number of hydrogen-bond donors (Lipinski definition) is 1. The average molecular weight is 528 g/mol. The maximum atomic E-state index is 13.5. The van der Waals surface area contributed by atoms with Gasteiger partial charge in [-0.1, -0.05) is 39.2 Å². The van der Waals surface area contributed by atoms with Crippen LogP contribution in [-0.2, 0) is 16.1 Å². The predicted molar refractivity (Wildman–Crippen MR) is 149 cm³/mol. The van der Waals surface area contributed by atoms with Crippen molar-refractivity contribution >= 4 is 11.9 Å². The molecule has 1 aromatic heterocycles. The second-order valence-corrected chi connectivity index (χ2v) is 11.7. The van der Waals surface area contributed by atoms with E-state index in [0.717, 1.165) is 30.6 Å². The Morgan fingerprint density at radius 2 is 1.71 bits per heavy atom. The van der Waals surface area contributed by atoms with E-state index in [0.29, 0.717) is 35.4 Å². The molecule has 1 aromatic carbocycles. The summed E-state index contributed by atoms with van der Waals surface area (Å²) in [6.07, 6.45) is 6.76. The van der Waals surface area contributed by atoms with Gasteiger partial charge in [-0.15, -0.1) is 0 Å². The number of benzene rings is 1. The molecule has 0 spiro atoms. The smallest absolute Gasteiger partial charge is 0.308 e. The highest BCUT2D eigenvalue weighted by Gasteiger charge is 2.27. The molecule has 0 radical (unpaired) electrons. The number of methoxy groups -OCH3 is 2. The van der Waals surface area contributed by atoms with E-state index in [1.54, 1.807) is 20.3 Å². The number of ether oxygens (including phenoxy) is 3. The molecule has 0 aliphatic heterocycles. The maximum absolute atomic E-state index is 13.5. The van der Waals surface area contributed by atoms with Gasteiger partial charge in [-0.25, -0.2) is 0 Å². The average Bonchev–Trinajstić information content (AvgIpc) is 3.25. The summed E-state index contributed by atoms with van der Waals surface area (Å²) < 4.78 is 18.8. The molecule has 1 saturated carbocycles. The number of hydrogen-bond acceptors (Lipinski definition) is 6. The minimum Gasteiger partial charge on any atom is -0.496 e. The van der Waals surface area contributed by atoms with Crippen molar-refractivity contribution in [2.45, 2.75) is 97.8 Å². The van der Waals surface area contributed by atoms with Crippen LogP contribution in [0.1, 0.15) is 90.1 Å². The number of aromatic nitrogens is 2. The second kappa shape index (κ2) is 13.2. The molecule has 8 nitrogen and oxygen atoms in total. The van der Waals surface area contributed by atoms with Gasteiger partial charge in [0, 0.05) is 12.6 Å². The summed E-state index contributed by atoms with van der Waals surface area (Å²) >= 11 is 0. The standard InChI is InChI=1S/C30H45N3O5/c1-20(2)16-22(17-27(34)38-30(3,4)5)31-29(35)23-18-24(28-25(36-6)14-11-15-26(28)37-7)33(32-23)19-21-12-9-8-10-13-21/h11,14-15,18,20-22H,8-10,12-13,16-17,19H2,1-7H3,(H,31,35)/t22-/m0/s1. The molecular weight excluding hydrogens is 482 g/mol. The first-order valence-corrected chi connectivity index (χ1v) is 13.8. The minimum atomic E-state index is -0.579. The zero-order chi connectivity index (χ0) is 27.9. The lowest BCUT2D eigenvalue weighted by Crippen LogP contribution is -2.39. The van der Waals surface area contributed by atoms with Gasteiger partial charge in [0.1, 0.15) is 17.1 Å². The van der Waals surface area contributed by atoms with E-state index in [9.17, 15) is 9.59 Å². The van der Waals surface area contributed by atoms with Gasteiger partial charge in [0.15, 0.2) is 5.69 Å². The van der Waals surface area contributed by atoms with E-state index in [1.807, 2.05) is 43.7 Å². The van der Waals surface area contributed by atoms with Crippen molar-refractivity contribution in [1.82, 2.24) is 15.1 Å². The Hall–Kier alpha value is -3.03. The maximum Gasteiger partial charge on any atom is 0.308 e. The highest BCUT2D eigenvalue weighted by molar-refractivity contribution is 5.94. The molecule has 1 aliphatic rings. The Labute approximate surface area is 227 Å². The first kappa shape index (κ1) is 29.5. The van der Waals surface area contributed by atoms with Gasteiger partial charge < -0.3 is 19.5 Å². The van der Waals surface area contributed by atoms with Crippen LogP contribution in [0.4, 0.5) is 0 Å². The number of nitrogens with zero attached hydrogens (tertiary/aromatic N) is 2. The molecule has 0 unspecified atom stereocenters. The molecule has 2 aromatic rings. The zero-order valence-electron chi connectivity index (χ0n) is 24.1. The minimum absolute atomic E-state index is 0.108. The van der Waals surface area contributed by atoms with Gasteiger partial charge in [0.2, 0.25) is 0 Å². The van der Waals surface area contributed by atoms with Crippen LogP contribution in [0.25, 0.3) is 11.3 Å². The van der Waals surface area contributed by atoms with Crippen LogP contribution in [0.3, 0.4) is 0 Å². The third-order valence-corrected chi connectivity index (χ3v) is 6.78. The number of carbonyl (C=O) groups is 2. The highest BCUT2D eigenvalue weighted by Crippen LogP contribution is 2.39. The molecule has 8 heteroatoms. The lowest BCUT2D eigenvalue weighted by Gasteiger charge is -2.23. The molecule has 3 rings (SSSR count). The largest absolute Gasteiger partial charge is 0.496 e. The Balaban J connectivity index is 1.93. The number of rotatable bonds is 11. The first-order chi connectivity index (χ1) is 18.0. The van der Waals surface area contributed by atoms with E-state index in [1.165, 1.54) is 19.3 Å². The fraction of sp³-hybridized carbons (Fsp3) is 0.633. The molecule has 1 amide bonds. The summed E-state index contributed by atoms with van der Waals surface area (Å²) in [7, 11) is 3.25. The van der Waals surface area contributed by atoms with E-state index in [-0.39, 0.29) is 24.3 Å². The Morgan fingerprint density at radius 1 is 1.08 bits per heavy atom. The normalized spacial score (nSPS) is 15.3. The molecular formula is C30H45N3O5. The van der Waals surface area contributed by atoms with Crippen LogP contribution in [0.5, 0.6) is 11.5 Å². The lowest BCUT2D eigenvalue weighted by atomic mass is 9.89. The lowest BCUT2D eigenvalue weighted by molar-refractivity contribution is -0.155. The quantitative estimate of drug-likeness (QED) is 0.359. The van der Waals surface area contributed by atoms with Crippen LogP contribution in [0, 0.1) is 11.8 Å². The summed E-state index contributed by atoms with van der Waals surface area (Å²) in [6.45, 7) is 10.4. The zero-order valence-corrected chi connectivity index (χ0v) is 24.1. The van der Waals surface area contributed by atoms with Gasteiger partial charge in [0.25, 0.3) is 5.91 Å². The first-order valence-electron chi connectivity index (χ1n) is 13.8. The van der Waals surface area contributed by atoms with Crippen LogP contribution in [-0.4, -0.2) is 47.5 Å². The summed E-state index contributed by atoms with van der Waals surface area (Å²) in [5.74, 6) is 1.47. The van der Waals surface area contributed by atoms with Crippen molar-refractivity contribution in [3.8, 4) is 22.8 Å². The highest BCUT2D eigenvalue weighted by atomic mass is 16.6. The van der Waals surface area contributed by atoms with E-state index >= 15 is 0 Å². The van der Waals surface area contributed by atoms with E-state index in [2.05, 4.69) is 19.2 Å². The monoisotopic (exact) mass is 527 g/mol. The van der Waals surface area contributed by atoms with Crippen molar-refractivity contribution in [2.75, 3.05) is 14.2 Å². The molecule has 1 atom stereocenters. The predicted octanol–water partition coefficient (Wildman–Crippen LogP) is 6.02. The molecule has 1 fully saturated rings. The fourth-order valence-corrected chi connectivity index (χ4v) is 5.19. The Kier molecular flexibility index (Phi) is 10.2. The van der Waals surface area contributed by atoms with Gasteiger partial charge >= 0.3 is 5.97 Å². The van der Waals surface area contributed by atoms with Crippen molar-refractivity contribution in [1.29, 1.82) is 0 Å². The van der Waals surface area contributed by atoms with Crippen molar-refractivity contribution in [3.05, 3.63) is 30.0 Å². The fourth-order valence-electron chi connectivity index (χ4n) is 5.19. The van der Waals surface area contributed by atoms with Crippen LogP contribution < -0.4 is 14.8 Å². The third kappa shape index (κ3) is 8.23. The summed E-state index contributed by atoms with van der Waals surface area (Å²) in [5.41, 5.74) is 1.28. The van der Waals surface area contributed by atoms with Crippen LogP contribution >= 0.6 is 0 Å². The number of amides is 1. The summed E-state index contributed by atoms with van der Waals surface area (Å²) in [4.78, 5) is 26.1. The van der Waals surface area contributed by atoms with Gasteiger partial charge in [-0.05, 0) is 70.1 Å². The number of carbonyl (C=O) groups excluding carboxylic acids is 2. The van der Waals surface area contributed by atoms with E-state index < -0.39 is 5.60 Å². The number of esters is 1. The summed E-state index contributed by atoms with van der Waals surface area (Å²) in [5, 5.41) is 7.84. The van der Waals surface area contributed by atoms with E-state index in [4.69, 9.17) is 19.3 Å². The van der Waals surface area contributed by atoms with Crippen molar-refractivity contribution in [2.24, 2.45) is 11.8 Å². The van der Waals surface area contributed by atoms with Crippen LogP contribution in [0.2, 0.25) is 0 Å². The second-order valence-electron chi connectivity index (χ2n) is 11.7. The van der Waals surface area contributed by atoms with Crippen LogP contribution in [0.15, 0.2) is 24.3 Å². The van der Waals surface area contributed by atoms with Crippen molar-refractivity contribution in [3.63, 3.8) is 0 Å². The molecule has 210 valence electrons. The van der Waals surface area contributed by atoms with Gasteiger partial charge in [-0.3, -0.25) is 14.3 Å². The molecule has 1 N–H and O–H groups in total. The third-order valence-electron chi connectivity index (χ3n) is 6.78. The summed E-state index contributed by atoms with van der Waals surface area (Å²) in [6, 6.07) is 7.09. The molecule has 1 aliphatic carbocycles.